The molecule has 1 aromatic carbocycles. The Morgan fingerprint density at radius 2 is 1.90 bits per heavy atom. The molecule has 0 saturated carbocycles. The highest BCUT2D eigenvalue weighted by Crippen LogP contribution is 2.26. The molecule has 112 valence electrons. The molecule has 1 saturated heterocycles. The molecular weight excluding hydrogens is 298 g/mol. The molecule has 4 nitrogen and oxygen atoms in total. The first-order valence-corrected chi connectivity index (χ1v) is 8.63. The zero-order valence-corrected chi connectivity index (χ0v) is 13.5. The SMILES string of the molecule is Cc1c(CCl)cccc1S(=O)(=O)N1CC(C)OC(C)C1. The zero-order chi connectivity index (χ0) is 14.9. The minimum absolute atomic E-state index is 0.0926. The van der Waals surface area contributed by atoms with Crippen molar-refractivity contribution in [3.63, 3.8) is 0 Å². The lowest BCUT2D eigenvalue weighted by Gasteiger charge is -2.34. The molecular formula is C14H20ClNO3S. The summed E-state index contributed by atoms with van der Waals surface area (Å²) in [7, 11) is -3.50. The van der Waals surface area contributed by atoms with Crippen molar-refractivity contribution in [2.24, 2.45) is 0 Å². The number of nitrogens with zero attached hydrogens (tertiary/aromatic N) is 1. The molecule has 2 atom stereocenters. The predicted octanol–water partition coefficient (Wildman–Crippen LogP) is 2.53. The summed E-state index contributed by atoms with van der Waals surface area (Å²) in [6, 6.07) is 5.24. The molecule has 2 unspecified atom stereocenters. The summed E-state index contributed by atoms with van der Waals surface area (Å²) in [6.07, 6.45) is -0.185. The molecule has 1 aliphatic rings. The van der Waals surface area contributed by atoms with E-state index in [0.717, 1.165) is 11.1 Å². The highest BCUT2D eigenvalue weighted by molar-refractivity contribution is 7.89. The van der Waals surface area contributed by atoms with Gasteiger partial charge >= 0.3 is 0 Å². The number of ether oxygens (including phenoxy) is 1. The number of hydrogen-bond donors (Lipinski definition) is 0. The van der Waals surface area contributed by atoms with E-state index in [1.54, 1.807) is 19.1 Å². The molecule has 1 fully saturated rings. The highest BCUT2D eigenvalue weighted by atomic mass is 35.5. The topological polar surface area (TPSA) is 46.6 Å². The summed E-state index contributed by atoms with van der Waals surface area (Å²) in [5.74, 6) is 0.311. The molecule has 0 radical (unpaired) electrons. The lowest BCUT2D eigenvalue weighted by molar-refractivity contribution is -0.0440. The van der Waals surface area contributed by atoms with E-state index in [1.807, 2.05) is 19.9 Å². The molecule has 0 N–H and O–H groups in total. The van der Waals surface area contributed by atoms with Gasteiger partial charge in [0.1, 0.15) is 0 Å². The minimum atomic E-state index is -3.50. The van der Waals surface area contributed by atoms with Gasteiger partial charge in [0.25, 0.3) is 0 Å². The van der Waals surface area contributed by atoms with E-state index < -0.39 is 10.0 Å². The average molecular weight is 318 g/mol. The Morgan fingerprint density at radius 3 is 2.45 bits per heavy atom. The summed E-state index contributed by atoms with van der Waals surface area (Å²) in [6.45, 7) is 6.35. The Bertz CT molecular complexity index is 578. The van der Waals surface area contributed by atoms with Gasteiger partial charge in [-0.05, 0) is 38.0 Å². The molecule has 0 bridgehead atoms. The van der Waals surface area contributed by atoms with Crippen molar-refractivity contribution in [3.05, 3.63) is 29.3 Å². The van der Waals surface area contributed by atoms with E-state index in [1.165, 1.54) is 4.31 Å². The fraction of sp³-hybridized carbons (Fsp3) is 0.571. The quantitative estimate of drug-likeness (QED) is 0.805. The number of rotatable bonds is 3. The minimum Gasteiger partial charge on any atom is -0.373 e. The van der Waals surface area contributed by atoms with Crippen LogP contribution in [0.2, 0.25) is 0 Å². The third kappa shape index (κ3) is 3.01. The van der Waals surface area contributed by atoms with Crippen molar-refractivity contribution in [2.75, 3.05) is 13.1 Å². The van der Waals surface area contributed by atoms with E-state index in [4.69, 9.17) is 16.3 Å². The van der Waals surface area contributed by atoms with Gasteiger partial charge in [0.05, 0.1) is 17.1 Å². The van der Waals surface area contributed by atoms with E-state index >= 15 is 0 Å². The van der Waals surface area contributed by atoms with Crippen LogP contribution < -0.4 is 0 Å². The first kappa shape index (κ1) is 15.8. The molecule has 20 heavy (non-hydrogen) atoms. The van der Waals surface area contributed by atoms with Gasteiger partial charge in [-0.15, -0.1) is 11.6 Å². The summed E-state index contributed by atoms with van der Waals surface area (Å²) in [5, 5.41) is 0. The summed E-state index contributed by atoms with van der Waals surface area (Å²) in [5.41, 5.74) is 1.58. The van der Waals surface area contributed by atoms with Gasteiger partial charge in [-0.3, -0.25) is 0 Å². The van der Waals surface area contributed by atoms with Gasteiger partial charge in [-0.25, -0.2) is 8.42 Å². The van der Waals surface area contributed by atoms with Crippen LogP contribution in [0.1, 0.15) is 25.0 Å². The number of benzene rings is 1. The largest absolute Gasteiger partial charge is 0.373 e. The van der Waals surface area contributed by atoms with Gasteiger partial charge in [0.2, 0.25) is 10.0 Å². The third-order valence-corrected chi connectivity index (χ3v) is 5.81. The molecule has 0 aliphatic carbocycles. The lowest BCUT2D eigenvalue weighted by atomic mass is 10.1. The Hall–Kier alpha value is -0.620. The van der Waals surface area contributed by atoms with Gasteiger partial charge in [-0.1, -0.05) is 12.1 Å². The number of alkyl halides is 1. The normalized spacial score (nSPS) is 24.8. The van der Waals surface area contributed by atoms with E-state index in [0.29, 0.717) is 23.9 Å². The van der Waals surface area contributed by atoms with Crippen LogP contribution in [0.3, 0.4) is 0 Å². The van der Waals surface area contributed by atoms with Crippen LogP contribution in [-0.2, 0) is 20.6 Å². The van der Waals surface area contributed by atoms with Crippen molar-refractivity contribution in [1.82, 2.24) is 4.31 Å². The molecule has 0 spiro atoms. The van der Waals surface area contributed by atoms with Crippen molar-refractivity contribution >= 4 is 21.6 Å². The summed E-state index contributed by atoms with van der Waals surface area (Å²) in [4.78, 5) is 0.344. The van der Waals surface area contributed by atoms with Crippen LogP contribution in [0, 0.1) is 6.92 Å². The second kappa shape index (κ2) is 6.02. The van der Waals surface area contributed by atoms with Crippen molar-refractivity contribution < 1.29 is 13.2 Å². The molecule has 0 amide bonds. The van der Waals surface area contributed by atoms with E-state index in [-0.39, 0.29) is 12.2 Å². The number of halogens is 1. The lowest BCUT2D eigenvalue weighted by Crippen LogP contribution is -2.48. The molecule has 1 aromatic rings. The van der Waals surface area contributed by atoms with Crippen LogP contribution in [0.5, 0.6) is 0 Å². The second-order valence-electron chi connectivity index (χ2n) is 5.25. The fourth-order valence-electron chi connectivity index (χ4n) is 2.55. The van der Waals surface area contributed by atoms with Crippen LogP contribution >= 0.6 is 11.6 Å². The smallest absolute Gasteiger partial charge is 0.243 e. The maximum absolute atomic E-state index is 12.8. The maximum Gasteiger partial charge on any atom is 0.243 e. The van der Waals surface area contributed by atoms with Crippen molar-refractivity contribution in [1.29, 1.82) is 0 Å². The molecule has 0 aromatic heterocycles. The van der Waals surface area contributed by atoms with Crippen molar-refractivity contribution in [3.8, 4) is 0 Å². The zero-order valence-electron chi connectivity index (χ0n) is 12.0. The molecule has 1 aliphatic heterocycles. The highest BCUT2D eigenvalue weighted by Gasteiger charge is 2.33. The fourth-order valence-corrected chi connectivity index (χ4v) is 4.70. The molecule has 1 heterocycles. The first-order chi connectivity index (χ1) is 9.36. The van der Waals surface area contributed by atoms with Gasteiger partial charge in [-0.2, -0.15) is 4.31 Å². The van der Waals surface area contributed by atoms with Crippen LogP contribution in [0.25, 0.3) is 0 Å². The van der Waals surface area contributed by atoms with Crippen molar-refractivity contribution in [2.45, 2.75) is 43.8 Å². The summed E-state index contributed by atoms with van der Waals surface area (Å²) < 4.78 is 32.7. The third-order valence-electron chi connectivity index (χ3n) is 3.54. The number of sulfonamides is 1. The van der Waals surface area contributed by atoms with Crippen LogP contribution in [-0.4, -0.2) is 38.0 Å². The molecule has 2 rings (SSSR count). The van der Waals surface area contributed by atoms with Crippen LogP contribution in [0.4, 0.5) is 0 Å². The van der Waals surface area contributed by atoms with E-state index in [9.17, 15) is 8.42 Å². The maximum atomic E-state index is 12.8. The Balaban J connectivity index is 2.40. The first-order valence-electron chi connectivity index (χ1n) is 6.66. The Kier molecular flexibility index (Phi) is 4.74. The van der Waals surface area contributed by atoms with Crippen LogP contribution in [0.15, 0.2) is 23.1 Å². The number of hydrogen-bond acceptors (Lipinski definition) is 3. The standard InChI is InChI=1S/C14H20ClNO3S/c1-10-8-16(9-11(2)19-10)20(17,18)14-6-4-5-13(7-15)12(14)3/h4-6,10-11H,7-9H2,1-3H3. The predicted molar refractivity (Wildman–Crippen MR) is 79.5 cm³/mol. The van der Waals surface area contributed by atoms with Gasteiger partial charge < -0.3 is 4.74 Å². The summed E-state index contributed by atoms with van der Waals surface area (Å²) >= 11 is 5.86. The van der Waals surface area contributed by atoms with Gasteiger partial charge in [0.15, 0.2) is 0 Å². The Morgan fingerprint density at radius 1 is 1.30 bits per heavy atom. The molecule has 6 heteroatoms. The Labute approximate surface area is 125 Å². The average Bonchev–Trinajstić information content (AvgIpc) is 2.37. The second-order valence-corrected chi connectivity index (χ2v) is 7.43. The number of morpholine rings is 1. The monoisotopic (exact) mass is 317 g/mol. The van der Waals surface area contributed by atoms with Gasteiger partial charge in [0, 0.05) is 19.0 Å². The van der Waals surface area contributed by atoms with E-state index in [2.05, 4.69) is 0 Å².